The summed E-state index contributed by atoms with van der Waals surface area (Å²) < 4.78 is 0. The summed E-state index contributed by atoms with van der Waals surface area (Å²) in [6.07, 6.45) is 3.99. The van der Waals surface area contributed by atoms with Gasteiger partial charge in [-0.2, -0.15) is 5.10 Å². The van der Waals surface area contributed by atoms with Crippen molar-refractivity contribution in [1.82, 2.24) is 4.98 Å². The van der Waals surface area contributed by atoms with Gasteiger partial charge in [0.15, 0.2) is 0 Å². The molecule has 0 bridgehead atoms. The molecule has 0 aliphatic rings. The normalized spacial score (nSPS) is 11.3. The first-order chi connectivity index (χ1) is 11.5. The molecule has 0 unspecified atom stereocenters. The van der Waals surface area contributed by atoms with Gasteiger partial charge in [-0.25, -0.2) is 0 Å². The van der Waals surface area contributed by atoms with Crippen LogP contribution in [0.1, 0.15) is 42.5 Å². The van der Waals surface area contributed by atoms with Crippen molar-refractivity contribution in [3.63, 3.8) is 0 Å². The van der Waals surface area contributed by atoms with Gasteiger partial charge in [-0.05, 0) is 68.5 Å². The molecule has 0 radical (unpaired) electrons. The zero-order chi connectivity index (χ0) is 17.4. The van der Waals surface area contributed by atoms with Crippen LogP contribution in [0.25, 0.3) is 0 Å². The highest BCUT2D eigenvalue weighted by Crippen LogP contribution is 2.15. The number of nitrogens with one attached hydrogen (secondary N) is 1. The van der Waals surface area contributed by atoms with Crippen LogP contribution in [0.4, 0.5) is 5.69 Å². The van der Waals surface area contributed by atoms with E-state index < -0.39 is 5.97 Å². The number of carbonyl (C=O) groups is 1. The molecule has 2 N–H and O–H groups in total. The number of pyridine rings is 1. The van der Waals surface area contributed by atoms with Gasteiger partial charge < -0.3 is 5.11 Å². The maximum absolute atomic E-state index is 10.6. The zero-order valence-electron chi connectivity index (χ0n) is 14.1. The van der Waals surface area contributed by atoms with Crippen molar-refractivity contribution in [3.05, 3.63) is 59.4 Å². The molecule has 0 aliphatic heterocycles. The van der Waals surface area contributed by atoms with Gasteiger partial charge in [0.2, 0.25) is 0 Å². The van der Waals surface area contributed by atoms with E-state index >= 15 is 0 Å². The van der Waals surface area contributed by atoms with E-state index in [0.717, 1.165) is 23.5 Å². The Hall–Kier alpha value is -2.69. The lowest BCUT2D eigenvalue weighted by Gasteiger charge is -2.08. The van der Waals surface area contributed by atoms with Gasteiger partial charge in [0.1, 0.15) is 0 Å². The predicted octanol–water partition coefficient (Wildman–Crippen LogP) is 4.16. The minimum atomic E-state index is -0.764. The van der Waals surface area contributed by atoms with Gasteiger partial charge in [0.05, 0.1) is 17.1 Å². The summed E-state index contributed by atoms with van der Waals surface area (Å²) in [5.41, 5.74) is 8.04. The maximum atomic E-state index is 10.6. The van der Waals surface area contributed by atoms with Crippen LogP contribution < -0.4 is 5.43 Å². The standard InChI is InChI=1S/C19H23N3O2/c1-14-11-15(2)13-16(12-14)21-22-18(8-3-4-9-19(23)24)17-7-5-6-10-20-17/h5-7,10-13,21H,3-4,8-9H2,1-2H3,(H,23,24)/b22-18+. The largest absolute Gasteiger partial charge is 0.481 e. The topological polar surface area (TPSA) is 74.6 Å². The van der Waals surface area contributed by atoms with Crippen molar-refractivity contribution < 1.29 is 9.90 Å². The number of nitrogens with zero attached hydrogens (tertiary/aromatic N) is 2. The number of hydrogen-bond acceptors (Lipinski definition) is 4. The molecule has 2 rings (SSSR count). The lowest BCUT2D eigenvalue weighted by molar-refractivity contribution is -0.137. The maximum Gasteiger partial charge on any atom is 0.303 e. The number of rotatable bonds is 8. The predicted molar refractivity (Wildman–Crippen MR) is 96.4 cm³/mol. The van der Waals surface area contributed by atoms with Crippen molar-refractivity contribution in [2.24, 2.45) is 5.10 Å². The van der Waals surface area contributed by atoms with E-state index in [1.54, 1.807) is 6.20 Å². The van der Waals surface area contributed by atoms with E-state index in [4.69, 9.17) is 5.11 Å². The van der Waals surface area contributed by atoms with E-state index in [1.807, 2.05) is 44.2 Å². The van der Waals surface area contributed by atoms with E-state index in [9.17, 15) is 4.79 Å². The fourth-order valence-electron chi connectivity index (χ4n) is 2.51. The summed E-state index contributed by atoms with van der Waals surface area (Å²) in [4.78, 5) is 15.0. The second-order valence-corrected chi connectivity index (χ2v) is 5.86. The Kier molecular flexibility index (Phi) is 6.49. The van der Waals surface area contributed by atoms with Crippen molar-refractivity contribution in [3.8, 4) is 0 Å². The average Bonchev–Trinajstić information content (AvgIpc) is 2.54. The average molecular weight is 325 g/mol. The van der Waals surface area contributed by atoms with Crippen LogP contribution in [0.3, 0.4) is 0 Å². The smallest absolute Gasteiger partial charge is 0.303 e. The zero-order valence-corrected chi connectivity index (χ0v) is 14.1. The van der Waals surface area contributed by atoms with E-state index in [1.165, 1.54) is 11.1 Å². The van der Waals surface area contributed by atoms with Crippen LogP contribution in [0, 0.1) is 13.8 Å². The van der Waals surface area contributed by atoms with Crippen molar-refractivity contribution >= 4 is 17.4 Å². The Morgan fingerprint density at radius 3 is 2.46 bits per heavy atom. The van der Waals surface area contributed by atoms with Gasteiger partial charge in [0, 0.05) is 12.6 Å². The lowest BCUT2D eigenvalue weighted by atomic mass is 10.1. The van der Waals surface area contributed by atoms with E-state index in [0.29, 0.717) is 12.8 Å². The van der Waals surface area contributed by atoms with Gasteiger partial charge >= 0.3 is 5.97 Å². The Balaban J connectivity index is 2.10. The number of hydrazone groups is 1. The van der Waals surface area contributed by atoms with Gasteiger partial charge in [-0.1, -0.05) is 12.1 Å². The molecule has 126 valence electrons. The highest BCUT2D eigenvalue weighted by molar-refractivity contribution is 5.99. The molecule has 1 heterocycles. The van der Waals surface area contributed by atoms with Crippen LogP contribution >= 0.6 is 0 Å². The number of hydrogen-bond donors (Lipinski definition) is 2. The molecular formula is C19H23N3O2. The quantitative estimate of drug-likeness (QED) is 0.434. The third-order valence-electron chi connectivity index (χ3n) is 3.56. The number of anilines is 1. The molecule has 1 aromatic carbocycles. The van der Waals surface area contributed by atoms with Crippen LogP contribution in [-0.4, -0.2) is 21.8 Å². The minimum absolute atomic E-state index is 0.181. The highest BCUT2D eigenvalue weighted by Gasteiger charge is 2.06. The molecule has 0 fully saturated rings. The third-order valence-corrected chi connectivity index (χ3v) is 3.56. The summed E-state index contributed by atoms with van der Waals surface area (Å²) >= 11 is 0. The molecule has 5 heteroatoms. The first-order valence-electron chi connectivity index (χ1n) is 8.08. The molecule has 0 spiro atoms. The number of aliphatic carboxylic acids is 1. The molecule has 5 nitrogen and oxygen atoms in total. The Labute approximate surface area is 142 Å². The second kappa shape index (κ2) is 8.82. The monoisotopic (exact) mass is 325 g/mol. The summed E-state index contributed by atoms with van der Waals surface area (Å²) in [7, 11) is 0. The number of carboxylic acids is 1. The molecule has 0 saturated heterocycles. The van der Waals surface area contributed by atoms with Crippen molar-refractivity contribution in [2.45, 2.75) is 39.5 Å². The molecule has 0 aliphatic carbocycles. The SMILES string of the molecule is Cc1cc(C)cc(N/N=C(\CCCCC(=O)O)c2ccccn2)c1. The summed E-state index contributed by atoms with van der Waals surface area (Å²) in [5.74, 6) is -0.764. The van der Waals surface area contributed by atoms with Crippen LogP contribution in [0.15, 0.2) is 47.7 Å². The van der Waals surface area contributed by atoms with Crippen LogP contribution in [0.5, 0.6) is 0 Å². The lowest BCUT2D eigenvalue weighted by Crippen LogP contribution is -2.07. The molecule has 1 aromatic heterocycles. The third kappa shape index (κ3) is 5.83. The molecule has 0 saturated carbocycles. The number of benzene rings is 1. The Morgan fingerprint density at radius 2 is 1.83 bits per heavy atom. The first-order valence-corrected chi connectivity index (χ1v) is 8.08. The summed E-state index contributed by atoms with van der Waals surface area (Å²) in [5, 5.41) is 13.3. The molecule has 2 aromatic rings. The molecule has 24 heavy (non-hydrogen) atoms. The number of aromatic nitrogens is 1. The van der Waals surface area contributed by atoms with E-state index in [2.05, 4.69) is 21.6 Å². The Morgan fingerprint density at radius 1 is 1.12 bits per heavy atom. The number of aryl methyl sites for hydroxylation is 2. The van der Waals surface area contributed by atoms with Gasteiger partial charge in [-0.15, -0.1) is 0 Å². The second-order valence-electron chi connectivity index (χ2n) is 5.86. The fraction of sp³-hybridized carbons (Fsp3) is 0.316. The van der Waals surface area contributed by atoms with E-state index in [-0.39, 0.29) is 6.42 Å². The minimum Gasteiger partial charge on any atom is -0.481 e. The van der Waals surface area contributed by atoms with Gasteiger partial charge in [-0.3, -0.25) is 15.2 Å². The van der Waals surface area contributed by atoms with Crippen LogP contribution in [0.2, 0.25) is 0 Å². The highest BCUT2D eigenvalue weighted by atomic mass is 16.4. The van der Waals surface area contributed by atoms with Crippen molar-refractivity contribution in [1.29, 1.82) is 0 Å². The molecule has 0 amide bonds. The van der Waals surface area contributed by atoms with Crippen LogP contribution in [-0.2, 0) is 4.79 Å². The summed E-state index contributed by atoms with van der Waals surface area (Å²) in [6.45, 7) is 4.10. The van der Waals surface area contributed by atoms with Crippen molar-refractivity contribution in [2.75, 3.05) is 5.43 Å². The first kappa shape index (κ1) is 17.7. The van der Waals surface area contributed by atoms with Gasteiger partial charge in [0.25, 0.3) is 0 Å². The summed E-state index contributed by atoms with van der Waals surface area (Å²) in [6, 6.07) is 11.9. The Bertz CT molecular complexity index is 692. The fourth-order valence-corrected chi connectivity index (χ4v) is 2.51. The molecule has 0 atom stereocenters. The number of carboxylic acid groups (broad SMARTS) is 1. The number of unbranched alkanes of at least 4 members (excludes halogenated alkanes) is 1. The molecular weight excluding hydrogens is 302 g/mol.